The molecule has 1 aromatic carbocycles. The molecule has 0 amide bonds. The molecule has 1 aromatic heterocycles. The molecule has 4 heteroatoms. The Hall–Kier alpha value is -1.65. The molecule has 1 fully saturated rings. The molecule has 0 radical (unpaired) electrons. The Labute approximate surface area is 119 Å². The highest BCUT2D eigenvalue weighted by Gasteiger charge is 2.31. The van der Waals surface area contributed by atoms with E-state index in [9.17, 15) is 5.11 Å². The lowest BCUT2D eigenvalue weighted by molar-refractivity contribution is 0.197. The Bertz CT molecular complexity index is 546. The van der Waals surface area contributed by atoms with Gasteiger partial charge in [0.25, 0.3) is 0 Å². The second kappa shape index (κ2) is 5.77. The lowest BCUT2D eigenvalue weighted by atomic mass is 9.75. The summed E-state index contributed by atoms with van der Waals surface area (Å²) >= 11 is 0. The van der Waals surface area contributed by atoms with E-state index in [1.807, 2.05) is 19.4 Å². The summed E-state index contributed by atoms with van der Waals surface area (Å²) in [5.41, 5.74) is 2.48. The van der Waals surface area contributed by atoms with Crippen molar-refractivity contribution in [2.45, 2.75) is 30.8 Å². The van der Waals surface area contributed by atoms with Crippen LogP contribution < -0.4 is 5.32 Å². The molecule has 106 valence electrons. The van der Waals surface area contributed by atoms with Gasteiger partial charge in [-0.3, -0.25) is 4.68 Å². The quantitative estimate of drug-likeness (QED) is 0.874. The molecule has 0 aliphatic heterocycles. The Morgan fingerprint density at radius 1 is 1.35 bits per heavy atom. The molecule has 0 saturated heterocycles. The van der Waals surface area contributed by atoms with Crippen LogP contribution in [0.15, 0.2) is 42.7 Å². The summed E-state index contributed by atoms with van der Waals surface area (Å²) in [6.07, 6.45) is 6.06. The zero-order chi connectivity index (χ0) is 13.9. The predicted molar refractivity (Wildman–Crippen MR) is 78.4 cm³/mol. The van der Waals surface area contributed by atoms with Gasteiger partial charge in [-0.15, -0.1) is 0 Å². The van der Waals surface area contributed by atoms with Crippen molar-refractivity contribution >= 4 is 0 Å². The van der Waals surface area contributed by atoms with E-state index in [-0.39, 0.29) is 12.6 Å². The molecule has 1 unspecified atom stereocenters. The number of nitrogens with one attached hydrogen (secondary N) is 1. The van der Waals surface area contributed by atoms with E-state index in [0.717, 1.165) is 18.4 Å². The first kappa shape index (κ1) is 13.3. The molecule has 1 aliphatic carbocycles. The van der Waals surface area contributed by atoms with Crippen molar-refractivity contribution in [3.63, 3.8) is 0 Å². The number of hydrogen-bond donors (Lipinski definition) is 2. The van der Waals surface area contributed by atoms with E-state index in [1.54, 1.807) is 4.68 Å². The number of aryl methyl sites for hydroxylation is 1. The summed E-state index contributed by atoms with van der Waals surface area (Å²) in [7, 11) is 1.90. The molecular weight excluding hydrogens is 250 g/mol. The average Bonchev–Trinajstić information content (AvgIpc) is 2.85. The van der Waals surface area contributed by atoms with E-state index in [0.29, 0.717) is 12.0 Å². The monoisotopic (exact) mass is 271 g/mol. The van der Waals surface area contributed by atoms with Crippen molar-refractivity contribution in [2.24, 2.45) is 7.05 Å². The van der Waals surface area contributed by atoms with Crippen LogP contribution in [0.4, 0.5) is 0 Å². The molecule has 0 bridgehead atoms. The Kier molecular flexibility index (Phi) is 3.85. The molecule has 1 heterocycles. The van der Waals surface area contributed by atoms with Crippen LogP contribution in [-0.4, -0.2) is 27.5 Å². The zero-order valence-corrected chi connectivity index (χ0v) is 11.7. The normalized spacial score (nSPS) is 23.3. The van der Waals surface area contributed by atoms with Gasteiger partial charge < -0.3 is 10.4 Å². The molecule has 2 N–H and O–H groups in total. The molecule has 1 atom stereocenters. The van der Waals surface area contributed by atoms with Gasteiger partial charge in [-0.25, -0.2) is 0 Å². The lowest BCUT2D eigenvalue weighted by Crippen LogP contribution is -2.43. The minimum atomic E-state index is -0.00887. The third kappa shape index (κ3) is 2.76. The van der Waals surface area contributed by atoms with Crippen molar-refractivity contribution in [3.8, 4) is 0 Å². The SMILES string of the molecule is Cn1cc(C(CO)NC2CC(c3ccccc3)C2)cn1. The molecule has 0 spiro atoms. The van der Waals surface area contributed by atoms with E-state index in [4.69, 9.17) is 0 Å². The largest absolute Gasteiger partial charge is 0.394 e. The zero-order valence-electron chi connectivity index (χ0n) is 11.7. The maximum atomic E-state index is 9.54. The van der Waals surface area contributed by atoms with Crippen molar-refractivity contribution < 1.29 is 5.11 Å². The van der Waals surface area contributed by atoms with E-state index in [2.05, 4.69) is 40.7 Å². The van der Waals surface area contributed by atoms with Crippen LogP contribution in [0.3, 0.4) is 0 Å². The number of rotatable bonds is 5. The molecule has 2 aromatic rings. The highest BCUT2D eigenvalue weighted by molar-refractivity contribution is 5.23. The van der Waals surface area contributed by atoms with Gasteiger partial charge >= 0.3 is 0 Å². The van der Waals surface area contributed by atoms with Crippen molar-refractivity contribution in [1.82, 2.24) is 15.1 Å². The fourth-order valence-electron chi connectivity index (χ4n) is 2.91. The van der Waals surface area contributed by atoms with Crippen LogP contribution in [-0.2, 0) is 7.05 Å². The second-order valence-electron chi connectivity index (χ2n) is 5.63. The first-order valence-electron chi connectivity index (χ1n) is 7.16. The molecule has 4 nitrogen and oxygen atoms in total. The third-order valence-corrected chi connectivity index (χ3v) is 4.16. The molecule has 1 saturated carbocycles. The van der Waals surface area contributed by atoms with Crippen molar-refractivity contribution in [3.05, 3.63) is 53.9 Å². The molecule has 20 heavy (non-hydrogen) atoms. The standard InChI is InChI=1S/C16H21N3O/c1-19-10-14(9-17-19)16(11-20)18-15-7-13(8-15)12-5-3-2-4-6-12/h2-6,9-10,13,15-16,18,20H,7-8,11H2,1H3. The minimum Gasteiger partial charge on any atom is -0.394 e. The summed E-state index contributed by atoms with van der Waals surface area (Å²) in [4.78, 5) is 0. The van der Waals surface area contributed by atoms with Gasteiger partial charge in [-0.05, 0) is 24.3 Å². The summed E-state index contributed by atoms with van der Waals surface area (Å²) < 4.78 is 1.77. The summed E-state index contributed by atoms with van der Waals surface area (Å²) in [6.45, 7) is 0.109. The van der Waals surface area contributed by atoms with Gasteiger partial charge in [-0.2, -0.15) is 5.10 Å². The van der Waals surface area contributed by atoms with Crippen LogP contribution in [0.25, 0.3) is 0 Å². The minimum absolute atomic E-state index is 0.00887. The Morgan fingerprint density at radius 2 is 2.10 bits per heavy atom. The van der Waals surface area contributed by atoms with Crippen LogP contribution in [0.1, 0.15) is 35.9 Å². The van der Waals surface area contributed by atoms with E-state index in [1.165, 1.54) is 5.56 Å². The number of benzene rings is 1. The highest BCUT2D eigenvalue weighted by Crippen LogP contribution is 2.37. The maximum Gasteiger partial charge on any atom is 0.0627 e. The summed E-state index contributed by atoms with van der Waals surface area (Å²) in [5, 5.41) is 17.2. The van der Waals surface area contributed by atoms with Crippen LogP contribution in [0.5, 0.6) is 0 Å². The Balaban J connectivity index is 1.55. The van der Waals surface area contributed by atoms with E-state index >= 15 is 0 Å². The predicted octanol–water partition coefficient (Wildman–Crippen LogP) is 1.99. The number of nitrogens with zero attached hydrogens (tertiary/aromatic N) is 2. The first-order valence-corrected chi connectivity index (χ1v) is 7.16. The van der Waals surface area contributed by atoms with Crippen LogP contribution in [0.2, 0.25) is 0 Å². The van der Waals surface area contributed by atoms with Gasteiger partial charge in [0.2, 0.25) is 0 Å². The number of hydrogen-bond acceptors (Lipinski definition) is 3. The maximum absolute atomic E-state index is 9.54. The highest BCUT2D eigenvalue weighted by atomic mass is 16.3. The molecule has 3 rings (SSSR count). The number of aromatic nitrogens is 2. The first-order chi connectivity index (χ1) is 9.76. The smallest absolute Gasteiger partial charge is 0.0627 e. The van der Waals surface area contributed by atoms with Gasteiger partial charge in [0.1, 0.15) is 0 Å². The molecular formula is C16H21N3O. The van der Waals surface area contributed by atoms with Crippen LogP contribution in [0, 0.1) is 0 Å². The fraction of sp³-hybridized carbons (Fsp3) is 0.438. The topological polar surface area (TPSA) is 50.1 Å². The fourth-order valence-corrected chi connectivity index (χ4v) is 2.91. The third-order valence-electron chi connectivity index (χ3n) is 4.16. The van der Waals surface area contributed by atoms with Gasteiger partial charge in [0.15, 0.2) is 0 Å². The Morgan fingerprint density at radius 3 is 2.70 bits per heavy atom. The van der Waals surface area contributed by atoms with Crippen molar-refractivity contribution in [2.75, 3.05) is 6.61 Å². The second-order valence-corrected chi connectivity index (χ2v) is 5.63. The summed E-state index contributed by atoms with van der Waals surface area (Å²) in [6, 6.07) is 11.1. The molecule has 1 aliphatic rings. The lowest BCUT2D eigenvalue weighted by Gasteiger charge is -2.38. The summed E-state index contributed by atoms with van der Waals surface area (Å²) in [5.74, 6) is 0.655. The van der Waals surface area contributed by atoms with Gasteiger partial charge in [0, 0.05) is 24.8 Å². The van der Waals surface area contributed by atoms with E-state index < -0.39 is 0 Å². The number of aliphatic hydroxyl groups excluding tert-OH is 1. The van der Waals surface area contributed by atoms with Crippen molar-refractivity contribution in [1.29, 1.82) is 0 Å². The van der Waals surface area contributed by atoms with Crippen LogP contribution >= 0.6 is 0 Å². The number of aliphatic hydroxyl groups is 1. The van der Waals surface area contributed by atoms with Gasteiger partial charge in [0.05, 0.1) is 18.8 Å². The average molecular weight is 271 g/mol. The van der Waals surface area contributed by atoms with Gasteiger partial charge in [-0.1, -0.05) is 30.3 Å².